The zero-order chi connectivity index (χ0) is 23.0. The summed E-state index contributed by atoms with van der Waals surface area (Å²) in [7, 11) is 0. The predicted octanol–water partition coefficient (Wildman–Crippen LogP) is 4.09. The number of nitrogens with zero attached hydrogens (tertiary/aromatic N) is 2. The van der Waals surface area contributed by atoms with Gasteiger partial charge in [0.1, 0.15) is 6.54 Å². The molecule has 2 aromatic rings. The maximum atomic E-state index is 13.4. The van der Waals surface area contributed by atoms with Crippen molar-refractivity contribution in [2.45, 2.75) is 20.3 Å². The molecule has 0 aromatic heterocycles. The fourth-order valence-electron chi connectivity index (χ4n) is 4.31. The second-order valence-corrected chi connectivity index (χ2v) is 8.74. The first kappa shape index (κ1) is 22.0. The van der Waals surface area contributed by atoms with Gasteiger partial charge in [-0.05, 0) is 43.5 Å². The molecule has 3 atom stereocenters. The number of halogens is 1. The predicted molar refractivity (Wildman–Crippen MR) is 120 cm³/mol. The number of hydrazine groups is 1. The van der Waals surface area contributed by atoms with Crippen molar-refractivity contribution in [1.29, 1.82) is 0 Å². The fraction of sp³-hybridized carbons (Fsp3) is 0.280. The van der Waals surface area contributed by atoms with Gasteiger partial charge in [0.2, 0.25) is 0 Å². The molecule has 1 fully saturated rings. The number of allylic oxidation sites excluding steroid dienone is 2. The molecule has 1 aliphatic heterocycles. The lowest BCUT2D eigenvalue weighted by Gasteiger charge is -2.30. The van der Waals surface area contributed by atoms with Crippen LogP contribution in [0.2, 0.25) is 5.02 Å². The number of fused-ring (bicyclic) bond motifs is 1. The first-order chi connectivity index (χ1) is 15.3. The summed E-state index contributed by atoms with van der Waals surface area (Å²) in [6.45, 7) is 3.36. The van der Waals surface area contributed by atoms with E-state index in [1.165, 1.54) is 12.1 Å². The Bertz CT molecular complexity index is 1110. The molecule has 6 nitrogen and oxygen atoms in total. The maximum absolute atomic E-state index is 13.4. The third kappa shape index (κ3) is 3.98. The summed E-state index contributed by atoms with van der Waals surface area (Å²) in [6, 6.07) is 13.1. The quantitative estimate of drug-likeness (QED) is 0.390. The van der Waals surface area contributed by atoms with Gasteiger partial charge in [0.25, 0.3) is 17.7 Å². The molecule has 32 heavy (non-hydrogen) atoms. The molecule has 0 spiro atoms. The van der Waals surface area contributed by atoms with Gasteiger partial charge in [-0.1, -0.05) is 60.5 Å². The van der Waals surface area contributed by atoms with Crippen LogP contribution in [0.5, 0.6) is 0 Å². The smallest absolute Gasteiger partial charge is 0.273 e. The van der Waals surface area contributed by atoms with E-state index >= 15 is 0 Å². The van der Waals surface area contributed by atoms with Crippen molar-refractivity contribution >= 4 is 35.1 Å². The van der Waals surface area contributed by atoms with Crippen molar-refractivity contribution in [3.8, 4) is 0 Å². The van der Waals surface area contributed by atoms with E-state index in [1.54, 1.807) is 36.4 Å². The minimum Gasteiger partial charge on any atom is -0.292 e. The zero-order valence-electron chi connectivity index (χ0n) is 17.8. The third-order valence-electron chi connectivity index (χ3n) is 6.08. The van der Waals surface area contributed by atoms with Crippen LogP contribution in [0.25, 0.3) is 0 Å². The van der Waals surface area contributed by atoms with Crippen LogP contribution in [0.4, 0.5) is 0 Å². The molecular formula is C25H23ClN2O4. The van der Waals surface area contributed by atoms with Crippen LogP contribution < -0.4 is 0 Å². The first-order valence-electron chi connectivity index (χ1n) is 10.5. The third-order valence-corrected chi connectivity index (χ3v) is 6.34. The highest BCUT2D eigenvalue weighted by molar-refractivity contribution is 6.30. The Morgan fingerprint density at radius 3 is 2.25 bits per heavy atom. The lowest BCUT2D eigenvalue weighted by atomic mass is 9.78. The molecule has 0 radical (unpaired) electrons. The molecule has 0 bridgehead atoms. The van der Waals surface area contributed by atoms with Crippen molar-refractivity contribution in [3.05, 3.63) is 82.4 Å². The summed E-state index contributed by atoms with van der Waals surface area (Å²) < 4.78 is 0. The van der Waals surface area contributed by atoms with Gasteiger partial charge in [0.15, 0.2) is 5.78 Å². The molecular weight excluding hydrogens is 428 g/mol. The van der Waals surface area contributed by atoms with E-state index in [-0.39, 0.29) is 17.3 Å². The van der Waals surface area contributed by atoms with Crippen LogP contribution in [-0.2, 0) is 9.59 Å². The van der Waals surface area contributed by atoms with Crippen molar-refractivity contribution in [3.63, 3.8) is 0 Å². The lowest BCUT2D eigenvalue weighted by Crippen LogP contribution is -2.52. The normalized spacial score (nSPS) is 22.1. The number of hydrogen-bond acceptors (Lipinski definition) is 4. The van der Waals surface area contributed by atoms with Crippen LogP contribution in [-0.4, -0.2) is 40.1 Å². The van der Waals surface area contributed by atoms with E-state index in [0.717, 1.165) is 15.6 Å². The summed E-state index contributed by atoms with van der Waals surface area (Å²) in [5.41, 5.74) is 1.62. The average Bonchev–Trinajstić information content (AvgIpc) is 3.03. The monoisotopic (exact) mass is 450 g/mol. The molecule has 0 saturated carbocycles. The highest BCUT2D eigenvalue weighted by Gasteiger charge is 2.53. The van der Waals surface area contributed by atoms with E-state index in [1.807, 2.05) is 26.0 Å². The number of carbonyl (C=O) groups is 4. The number of rotatable bonds is 5. The second kappa shape index (κ2) is 8.71. The van der Waals surface area contributed by atoms with Crippen LogP contribution in [0.1, 0.15) is 39.6 Å². The molecule has 164 valence electrons. The van der Waals surface area contributed by atoms with Crippen molar-refractivity contribution in [1.82, 2.24) is 10.0 Å². The van der Waals surface area contributed by atoms with Crippen molar-refractivity contribution in [2.75, 3.05) is 6.54 Å². The molecule has 1 aliphatic carbocycles. The largest absolute Gasteiger partial charge is 0.292 e. The fourth-order valence-corrected chi connectivity index (χ4v) is 4.44. The Hall–Kier alpha value is -3.25. The molecule has 0 N–H and O–H groups in total. The number of hydrogen-bond donors (Lipinski definition) is 0. The van der Waals surface area contributed by atoms with Crippen LogP contribution in [0.15, 0.2) is 60.7 Å². The Kier molecular flexibility index (Phi) is 5.98. The highest BCUT2D eigenvalue weighted by Crippen LogP contribution is 2.39. The van der Waals surface area contributed by atoms with Crippen LogP contribution in [0.3, 0.4) is 0 Å². The molecule has 4 rings (SSSR count). The van der Waals surface area contributed by atoms with Crippen molar-refractivity contribution < 1.29 is 19.2 Å². The molecule has 3 amide bonds. The molecule has 1 heterocycles. The Morgan fingerprint density at radius 1 is 1.00 bits per heavy atom. The molecule has 2 aromatic carbocycles. The Balaban J connectivity index is 1.70. The molecule has 7 heteroatoms. The number of imide groups is 1. The number of aryl methyl sites for hydroxylation is 1. The number of ketones is 1. The van der Waals surface area contributed by atoms with Gasteiger partial charge in [-0.25, -0.2) is 5.01 Å². The maximum Gasteiger partial charge on any atom is 0.273 e. The Labute approximate surface area is 191 Å². The SMILES string of the molecule is Cc1ccc(C(=O)CN(C(=O)c2ccc(Cl)cc2)N2C(=O)[C@H]3[C@@H](C)C=CC[C@H]3C2=O)cc1. The summed E-state index contributed by atoms with van der Waals surface area (Å²) in [6.07, 6.45) is 4.24. The van der Waals surface area contributed by atoms with E-state index in [9.17, 15) is 19.2 Å². The summed E-state index contributed by atoms with van der Waals surface area (Å²) in [5, 5.41) is 2.33. The number of amides is 3. The topological polar surface area (TPSA) is 74.8 Å². The summed E-state index contributed by atoms with van der Waals surface area (Å²) in [5.74, 6) is -3.07. The lowest BCUT2D eigenvalue weighted by molar-refractivity contribution is -0.154. The van der Waals surface area contributed by atoms with E-state index in [4.69, 9.17) is 11.6 Å². The van der Waals surface area contributed by atoms with E-state index < -0.39 is 36.1 Å². The average molecular weight is 451 g/mol. The number of carbonyl (C=O) groups excluding carboxylic acids is 4. The highest BCUT2D eigenvalue weighted by atomic mass is 35.5. The van der Waals surface area contributed by atoms with Crippen LogP contribution in [0, 0.1) is 24.7 Å². The standard InChI is InChI=1S/C25H23ClN2O4/c1-15-6-8-17(9-7-15)21(29)14-27(23(30)18-10-12-19(26)13-11-18)28-24(31)20-5-3-4-16(2)22(20)25(28)32/h3-4,6-13,16,20,22H,5,14H2,1-2H3/t16-,20+,22-/m0/s1. The summed E-state index contributed by atoms with van der Waals surface area (Å²) in [4.78, 5) is 53.0. The van der Waals surface area contributed by atoms with Gasteiger partial charge >= 0.3 is 0 Å². The zero-order valence-corrected chi connectivity index (χ0v) is 18.6. The van der Waals surface area contributed by atoms with Gasteiger partial charge < -0.3 is 0 Å². The molecule has 0 unspecified atom stereocenters. The van der Waals surface area contributed by atoms with Crippen molar-refractivity contribution in [2.24, 2.45) is 17.8 Å². The molecule has 2 aliphatic rings. The minimum atomic E-state index is -0.608. The van der Waals surface area contributed by atoms with Gasteiger partial charge in [0, 0.05) is 16.1 Å². The number of Topliss-reactive ketones (excluding diaryl/α,β-unsaturated/α-hetero) is 1. The van der Waals surface area contributed by atoms with E-state index in [0.29, 0.717) is 17.0 Å². The van der Waals surface area contributed by atoms with Gasteiger partial charge in [-0.2, -0.15) is 5.01 Å². The molecule has 1 saturated heterocycles. The first-order valence-corrected chi connectivity index (χ1v) is 10.9. The summed E-state index contributed by atoms with van der Waals surface area (Å²) >= 11 is 5.94. The van der Waals surface area contributed by atoms with Crippen LogP contribution >= 0.6 is 11.6 Å². The van der Waals surface area contributed by atoms with E-state index in [2.05, 4.69) is 0 Å². The second-order valence-electron chi connectivity index (χ2n) is 8.30. The van der Waals surface area contributed by atoms with Gasteiger partial charge in [-0.15, -0.1) is 0 Å². The van der Waals surface area contributed by atoms with Gasteiger partial charge in [0.05, 0.1) is 11.8 Å². The van der Waals surface area contributed by atoms with Gasteiger partial charge in [-0.3, -0.25) is 19.2 Å². The minimum absolute atomic E-state index is 0.129. The number of benzene rings is 2. The Morgan fingerprint density at radius 2 is 1.62 bits per heavy atom.